The summed E-state index contributed by atoms with van der Waals surface area (Å²) in [6, 6.07) is 8.11. The highest BCUT2D eigenvalue weighted by Crippen LogP contribution is 2.32. The van der Waals surface area contributed by atoms with Crippen LogP contribution in [0.5, 0.6) is 5.75 Å². The molecule has 3 nitrogen and oxygen atoms in total. The van der Waals surface area contributed by atoms with Crippen LogP contribution in [0.2, 0.25) is 0 Å². The lowest BCUT2D eigenvalue weighted by atomic mass is 10.2. The number of aryl methyl sites for hydroxylation is 1. The molecule has 0 radical (unpaired) electrons. The molecule has 1 aromatic carbocycles. The van der Waals surface area contributed by atoms with Gasteiger partial charge in [-0.05, 0) is 44.5 Å². The molecule has 2 aromatic rings. The SMILES string of the molecule is CCOc1ccc(-c2nc(CC)c(C(C)N)s2)cc1. The summed E-state index contributed by atoms with van der Waals surface area (Å²) in [5.41, 5.74) is 8.23. The number of nitrogens with two attached hydrogens (primary N) is 1. The van der Waals surface area contributed by atoms with Crippen LogP contribution in [0.25, 0.3) is 10.6 Å². The standard InChI is InChI=1S/C15H20N2OS/c1-4-13-14(10(3)16)19-15(17-13)11-6-8-12(9-7-11)18-5-2/h6-10H,4-5,16H2,1-3H3. The van der Waals surface area contributed by atoms with E-state index in [-0.39, 0.29) is 6.04 Å². The summed E-state index contributed by atoms with van der Waals surface area (Å²) in [5, 5.41) is 1.03. The summed E-state index contributed by atoms with van der Waals surface area (Å²) >= 11 is 1.69. The molecular formula is C15H20N2OS. The Morgan fingerprint density at radius 3 is 2.42 bits per heavy atom. The van der Waals surface area contributed by atoms with Crippen LogP contribution in [0.15, 0.2) is 24.3 Å². The van der Waals surface area contributed by atoms with E-state index in [9.17, 15) is 0 Å². The van der Waals surface area contributed by atoms with Crippen molar-refractivity contribution < 1.29 is 4.74 Å². The molecule has 0 amide bonds. The van der Waals surface area contributed by atoms with E-state index < -0.39 is 0 Å². The zero-order valence-corrected chi connectivity index (χ0v) is 12.5. The van der Waals surface area contributed by atoms with Gasteiger partial charge in [-0.1, -0.05) is 6.92 Å². The van der Waals surface area contributed by atoms with Gasteiger partial charge >= 0.3 is 0 Å². The molecule has 1 atom stereocenters. The zero-order valence-electron chi connectivity index (χ0n) is 11.6. The van der Waals surface area contributed by atoms with Crippen molar-refractivity contribution in [3.05, 3.63) is 34.8 Å². The molecule has 0 bridgehead atoms. The predicted octanol–water partition coefficient (Wildman–Crippen LogP) is 3.79. The molecule has 0 aliphatic carbocycles. The molecule has 1 unspecified atom stereocenters. The van der Waals surface area contributed by atoms with Gasteiger partial charge in [0.25, 0.3) is 0 Å². The molecule has 1 heterocycles. The van der Waals surface area contributed by atoms with Gasteiger partial charge in [-0.3, -0.25) is 0 Å². The van der Waals surface area contributed by atoms with Crippen molar-refractivity contribution in [3.8, 4) is 16.3 Å². The van der Waals surface area contributed by atoms with E-state index in [0.29, 0.717) is 6.61 Å². The second-order valence-electron chi connectivity index (χ2n) is 4.43. The van der Waals surface area contributed by atoms with E-state index in [1.807, 2.05) is 38.1 Å². The molecule has 0 saturated carbocycles. The molecule has 19 heavy (non-hydrogen) atoms. The Morgan fingerprint density at radius 2 is 1.95 bits per heavy atom. The van der Waals surface area contributed by atoms with Gasteiger partial charge in [-0.25, -0.2) is 4.98 Å². The Balaban J connectivity index is 2.31. The van der Waals surface area contributed by atoms with Crippen molar-refractivity contribution in [2.24, 2.45) is 5.73 Å². The van der Waals surface area contributed by atoms with Crippen LogP contribution in [-0.2, 0) is 6.42 Å². The smallest absolute Gasteiger partial charge is 0.123 e. The molecule has 0 aliphatic heterocycles. The Morgan fingerprint density at radius 1 is 1.26 bits per heavy atom. The minimum atomic E-state index is 0.0453. The molecule has 2 rings (SSSR count). The van der Waals surface area contributed by atoms with Crippen molar-refractivity contribution in [2.45, 2.75) is 33.2 Å². The average Bonchev–Trinajstić information content (AvgIpc) is 2.84. The van der Waals surface area contributed by atoms with E-state index in [1.54, 1.807) is 11.3 Å². The van der Waals surface area contributed by atoms with Crippen LogP contribution in [0, 0.1) is 0 Å². The molecular weight excluding hydrogens is 256 g/mol. The van der Waals surface area contributed by atoms with E-state index >= 15 is 0 Å². The highest BCUT2D eigenvalue weighted by atomic mass is 32.1. The number of ether oxygens (including phenoxy) is 1. The summed E-state index contributed by atoms with van der Waals surface area (Å²) in [6.07, 6.45) is 0.921. The van der Waals surface area contributed by atoms with E-state index in [2.05, 4.69) is 6.92 Å². The van der Waals surface area contributed by atoms with Crippen LogP contribution in [0.1, 0.15) is 37.4 Å². The van der Waals surface area contributed by atoms with Crippen molar-refractivity contribution in [2.75, 3.05) is 6.61 Å². The Hall–Kier alpha value is -1.39. The molecule has 2 N–H and O–H groups in total. The van der Waals surface area contributed by atoms with E-state index in [4.69, 9.17) is 15.5 Å². The van der Waals surface area contributed by atoms with Crippen molar-refractivity contribution in [1.29, 1.82) is 0 Å². The van der Waals surface area contributed by atoms with Crippen molar-refractivity contribution in [1.82, 2.24) is 4.98 Å². The average molecular weight is 276 g/mol. The Kier molecular flexibility index (Phi) is 4.56. The van der Waals surface area contributed by atoms with Gasteiger partial charge in [0.05, 0.1) is 12.3 Å². The fourth-order valence-electron chi connectivity index (χ4n) is 1.96. The molecule has 0 saturated heterocycles. The predicted molar refractivity (Wildman–Crippen MR) is 80.7 cm³/mol. The summed E-state index contributed by atoms with van der Waals surface area (Å²) < 4.78 is 5.45. The Bertz CT molecular complexity index is 532. The van der Waals surface area contributed by atoms with Gasteiger partial charge in [-0.2, -0.15) is 0 Å². The van der Waals surface area contributed by atoms with Crippen LogP contribution >= 0.6 is 11.3 Å². The number of benzene rings is 1. The molecule has 1 aromatic heterocycles. The number of aromatic nitrogens is 1. The van der Waals surface area contributed by atoms with Crippen LogP contribution < -0.4 is 10.5 Å². The monoisotopic (exact) mass is 276 g/mol. The molecule has 4 heteroatoms. The minimum absolute atomic E-state index is 0.0453. The van der Waals surface area contributed by atoms with Gasteiger partial charge in [0.15, 0.2) is 0 Å². The van der Waals surface area contributed by atoms with Gasteiger partial charge in [0.1, 0.15) is 10.8 Å². The summed E-state index contributed by atoms with van der Waals surface area (Å²) in [7, 11) is 0. The summed E-state index contributed by atoms with van der Waals surface area (Å²) in [5.74, 6) is 0.894. The summed E-state index contributed by atoms with van der Waals surface area (Å²) in [4.78, 5) is 5.88. The third kappa shape index (κ3) is 3.14. The first-order valence-electron chi connectivity index (χ1n) is 6.64. The second kappa shape index (κ2) is 6.17. The lowest BCUT2D eigenvalue weighted by Crippen LogP contribution is -2.05. The first-order valence-corrected chi connectivity index (χ1v) is 7.45. The number of thiazole rings is 1. The normalized spacial score (nSPS) is 12.4. The van der Waals surface area contributed by atoms with E-state index in [0.717, 1.165) is 28.4 Å². The number of hydrogen-bond donors (Lipinski definition) is 1. The van der Waals surface area contributed by atoms with Gasteiger partial charge in [0.2, 0.25) is 0 Å². The molecule has 102 valence electrons. The maximum atomic E-state index is 6.00. The van der Waals surface area contributed by atoms with Crippen LogP contribution in [0.4, 0.5) is 0 Å². The number of hydrogen-bond acceptors (Lipinski definition) is 4. The first-order chi connectivity index (χ1) is 9.15. The third-order valence-electron chi connectivity index (χ3n) is 2.89. The van der Waals surface area contributed by atoms with Crippen LogP contribution in [0.3, 0.4) is 0 Å². The third-order valence-corrected chi connectivity index (χ3v) is 4.24. The number of rotatable bonds is 5. The fourth-order valence-corrected chi connectivity index (χ4v) is 3.07. The van der Waals surface area contributed by atoms with Crippen molar-refractivity contribution >= 4 is 11.3 Å². The summed E-state index contributed by atoms with van der Waals surface area (Å²) in [6.45, 7) is 6.79. The number of nitrogens with zero attached hydrogens (tertiary/aromatic N) is 1. The van der Waals surface area contributed by atoms with Gasteiger partial charge in [-0.15, -0.1) is 11.3 Å². The molecule has 0 fully saturated rings. The highest BCUT2D eigenvalue weighted by Gasteiger charge is 2.14. The molecule has 0 aliphatic rings. The Labute approximate surface area is 118 Å². The highest BCUT2D eigenvalue weighted by molar-refractivity contribution is 7.15. The van der Waals surface area contributed by atoms with Crippen LogP contribution in [-0.4, -0.2) is 11.6 Å². The van der Waals surface area contributed by atoms with Crippen molar-refractivity contribution in [3.63, 3.8) is 0 Å². The lowest BCUT2D eigenvalue weighted by Gasteiger charge is -2.03. The molecule has 0 spiro atoms. The minimum Gasteiger partial charge on any atom is -0.494 e. The second-order valence-corrected chi connectivity index (χ2v) is 5.46. The zero-order chi connectivity index (χ0) is 13.8. The maximum absolute atomic E-state index is 6.00. The fraction of sp³-hybridized carbons (Fsp3) is 0.400. The van der Waals surface area contributed by atoms with E-state index in [1.165, 1.54) is 4.88 Å². The van der Waals surface area contributed by atoms with Gasteiger partial charge in [0, 0.05) is 16.5 Å². The quantitative estimate of drug-likeness (QED) is 0.903. The lowest BCUT2D eigenvalue weighted by molar-refractivity contribution is 0.340. The first kappa shape index (κ1) is 14.0. The topological polar surface area (TPSA) is 48.1 Å². The van der Waals surface area contributed by atoms with Gasteiger partial charge < -0.3 is 10.5 Å². The maximum Gasteiger partial charge on any atom is 0.123 e. The largest absolute Gasteiger partial charge is 0.494 e.